The van der Waals surface area contributed by atoms with Crippen LogP contribution in [0.15, 0.2) is 47.4 Å². The van der Waals surface area contributed by atoms with Gasteiger partial charge in [-0.25, -0.2) is 17.5 Å². The van der Waals surface area contributed by atoms with E-state index in [0.717, 1.165) is 12.1 Å². The van der Waals surface area contributed by atoms with Gasteiger partial charge < -0.3 is 10.1 Å². The second kappa shape index (κ2) is 11.7. The molecule has 0 bridgehead atoms. The molecule has 2 N–H and O–H groups in total. The smallest absolute Gasteiger partial charge is 0.272 e. The van der Waals surface area contributed by atoms with Crippen molar-refractivity contribution in [2.75, 3.05) is 6.54 Å². The molecule has 0 aliphatic carbocycles. The molecule has 0 fully saturated rings. The van der Waals surface area contributed by atoms with Crippen LogP contribution in [0, 0.1) is 28.8 Å². The van der Waals surface area contributed by atoms with Gasteiger partial charge in [0.1, 0.15) is 16.5 Å². The number of ether oxygens (including phenoxy) is 1. The number of halogens is 1. The summed E-state index contributed by atoms with van der Waals surface area (Å²) in [4.78, 5) is 23.1. The molecule has 0 saturated heterocycles. The van der Waals surface area contributed by atoms with Gasteiger partial charge in [-0.1, -0.05) is 20.8 Å². The fourth-order valence-corrected chi connectivity index (χ4v) is 4.85. The molecule has 11 nitrogen and oxygen atoms in total. The second-order valence-electron chi connectivity index (χ2n) is 9.19. The quantitative estimate of drug-likeness (QED) is 0.266. The Morgan fingerprint density at radius 3 is 2.42 bits per heavy atom. The normalized spacial score (nSPS) is 12.4. The van der Waals surface area contributed by atoms with Gasteiger partial charge in [0.15, 0.2) is 5.69 Å². The fraction of sp³-hybridized carbons (Fsp3) is 0.360. The van der Waals surface area contributed by atoms with Gasteiger partial charge in [-0.05, 0) is 56.5 Å². The zero-order valence-corrected chi connectivity index (χ0v) is 22.5. The number of hydrogen-bond acceptors (Lipinski definition) is 7. The number of sulfonamides is 1. The molecular weight excluding hydrogens is 517 g/mol. The van der Waals surface area contributed by atoms with Crippen LogP contribution < -0.4 is 14.8 Å². The van der Waals surface area contributed by atoms with Gasteiger partial charge in [0, 0.05) is 30.3 Å². The minimum atomic E-state index is -4.24. The number of aromatic nitrogens is 2. The molecule has 3 aromatic rings. The highest BCUT2D eigenvalue weighted by molar-refractivity contribution is 7.89. The van der Waals surface area contributed by atoms with Crippen molar-refractivity contribution in [3.8, 4) is 17.3 Å². The molecule has 2 aromatic carbocycles. The van der Waals surface area contributed by atoms with Crippen LogP contribution in [0.25, 0.3) is 5.69 Å². The molecular formula is C25H30FN5O6S. The van der Waals surface area contributed by atoms with E-state index >= 15 is 0 Å². The van der Waals surface area contributed by atoms with Crippen molar-refractivity contribution in [1.82, 2.24) is 19.8 Å². The summed E-state index contributed by atoms with van der Waals surface area (Å²) < 4.78 is 49.7. The third-order valence-corrected chi connectivity index (χ3v) is 7.24. The maximum absolute atomic E-state index is 13.6. The highest BCUT2D eigenvalue weighted by Gasteiger charge is 2.28. The Hall–Kier alpha value is -3.84. The van der Waals surface area contributed by atoms with Crippen LogP contribution in [-0.4, -0.2) is 41.6 Å². The summed E-state index contributed by atoms with van der Waals surface area (Å²) in [6.45, 7) is 9.28. The van der Waals surface area contributed by atoms with E-state index in [4.69, 9.17) is 4.74 Å². The number of hydrogen-bond donors (Lipinski definition) is 2. The first-order valence-corrected chi connectivity index (χ1v) is 13.4. The van der Waals surface area contributed by atoms with Gasteiger partial charge in [0.05, 0.1) is 10.6 Å². The lowest BCUT2D eigenvalue weighted by molar-refractivity contribution is -0.385. The fourth-order valence-electron chi connectivity index (χ4n) is 3.37. The molecule has 1 heterocycles. The minimum absolute atomic E-state index is 0.0138. The Morgan fingerprint density at radius 1 is 1.18 bits per heavy atom. The molecule has 1 unspecified atom stereocenters. The SMILES string of the molecule is CCC(C)NS(=O)(=O)c1cc([N+](=O)[O-])ccc1Oc1c(C)c(C(=O)NCC(C)C)nn1-c1ccc(F)cc1. The first-order chi connectivity index (χ1) is 17.8. The van der Waals surface area contributed by atoms with E-state index < -0.39 is 43.3 Å². The number of nitro benzene ring substituents is 1. The maximum Gasteiger partial charge on any atom is 0.272 e. The van der Waals surface area contributed by atoms with Crippen LogP contribution in [-0.2, 0) is 10.0 Å². The van der Waals surface area contributed by atoms with Gasteiger partial charge in [-0.15, -0.1) is 0 Å². The van der Waals surface area contributed by atoms with Crippen molar-refractivity contribution in [3.63, 3.8) is 0 Å². The molecule has 204 valence electrons. The highest BCUT2D eigenvalue weighted by atomic mass is 32.2. The lowest BCUT2D eigenvalue weighted by atomic mass is 10.2. The van der Waals surface area contributed by atoms with Crippen LogP contribution in [0.3, 0.4) is 0 Å². The molecule has 0 saturated carbocycles. The summed E-state index contributed by atoms with van der Waals surface area (Å²) in [5.41, 5.74) is 0.206. The Morgan fingerprint density at radius 2 is 1.84 bits per heavy atom. The number of carbonyl (C=O) groups is 1. The molecule has 0 spiro atoms. The first-order valence-electron chi connectivity index (χ1n) is 12.0. The number of rotatable bonds is 11. The van der Waals surface area contributed by atoms with E-state index in [9.17, 15) is 27.7 Å². The average molecular weight is 548 g/mol. The number of non-ortho nitro benzene ring substituents is 1. The van der Waals surface area contributed by atoms with Crippen LogP contribution in [0.5, 0.6) is 11.6 Å². The first kappa shape index (κ1) is 28.7. The molecule has 0 radical (unpaired) electrons. The monoisotopic (exact) mass is 547 g/mol. The van der Waals surface area contributed by atoms with E-state index in [1.807, 2.05) is 13.8 Å². The molecule has 1 atom stereocenters. The Labute approximate surface area is 220 Å². The summed E-state index contributed by atoms with van der Waals surface area (Å²) in [5.74, 6) is -1.01. The van der Waals surface area contributed by atoms with Crippen LogP contribution in [0.4, 0.5) is 10.1 Å². The summed E-state index contributed by atoms with van der Waals surface area (Å²) in [6, 6.07) is 7.98. The molecule has 1 aromatic heterocycles. The number of benzene rings is 2. The number of nitrogens with zero attached hydrogens (tertiary/aromatic N) is 3. The Kier molecular flexibility index (Phi) is 8.84. The Balaban J connectivity index is 2.18. The maximum atomic E-state index is 13.6. The number of amides is 1. The van der Waals surface area contributed by atoms with Gasteiger partial charge in [-0.3, -0.25) is 14.9 Å². The molecule has 1 amide bonds. The van der Waals surface area contributed by atoms with Crippen LogP contribution >= 0.6 is 0 Å². The predicted molar refractivity (Wildman–Crippen MR) is 139 cm³/mol. The zero-order valence-electron chi connectivity index (χ0n) is 21.7. The van der Waals surface area contributed by atoms with E-state index in [1.165, 1.54) is 35.0 Å². The van der Waals surface area contributed by atoms with Crippen molar-refractivity contribution >= 4 is 21.6 Å². The van der Waals surface area contributed by atoms with Crippen molar-refractivity contribution in [3.05, 3.63) is 69.7 Å². The van der Waals surface area contributed by atoms with Crippen molar-refractivity contribution in [2.24, 2.45) is 5.92 Å². The second-order valence-corrected chi connectivity index (χ2v) is 10.9. The number of nitrogens with one attached hydrogen (secondary N) is 2. The van der Waals surface area contributed by atoms with Crippen LogP contribution in [0.1, 0.15) is 50.2 Å². The van der Waals surface area contributed by atoms with E-state index in [0.29, 0.717) is 18.7 Å². The van der Waals surface area contributed by atoms with E-state index in [1.54, 1.807) is 20.8 Å². The van der Waals surface area contributed by atoms with E-state index in [2.05, 4.69) is 15.1 Å². The molecule has 0 aliphatic rings. The third kappa shape index (κ3) is 6.53. The summed E-state index contributed by atoms with van der Waals surface area (Å²) >= 11 is 0. The summed E-state index contributed by atoms with van der Waals surface area (Å²) in [5, 5.41) is 18.5. The topological polar surface area (TPSA) is 145 Å². The van der Waals surface area contributed by atoms with Crippen molar-refractivity contribution in [1.29, 1.82) is 0 Å². The average Bonchev–Trinajstić information content (AvgIpc) is 3.18. The standard InChI is InChI=1S/C25H30FN5O6S/c1-6-16(4)29-38(35,36)22-13-20(31(33)34)11-12-21(22)37-25-17(5)23(24(32)27-14-15(2)3)28-30(25)19-9-7-18(26)8-10-19/h7-13,15-16,29H,6,14H2,1-5H3,(H,27,32). The van der Waals surface area contributed by atoms with Gasteiger partial charge in [-0.2, -0.15) is 9.78 Å². The lowest BCUT2D eigenvalue weighted by Crippen LogP contribution is -2.32. The van der Waals surface area contributed by atoms with Gasteiger partial charge in [0.2, 0.25) is 15.9 Å². The molecule has 3 rings (SSSR count). The third-order valence-electron chi connectivity index (χ3n) is 5.63. The molecule has 38 heavy (non-hydrogen) atoms. The number of carbonyl (C=O) groups excluding carboxylic acids is 1. The predicted octanol–water partition coefficient (Wildman–Crippen LogP) is 4.48. The Bertz CT molecular complexity index is 1440. The van der Waals surface area contributed by atoms with Crippen molar-refractivity contribution < 1.29 is 27.3 Å². The highest BCUT2D eigenvalue weighted by Crippen LogP contribution is 2.35. The minimum Gasteiger partial charge on any atom is -0.437 e. The summed E-state index contributed by atoms with van der Waals surface area (Å²) in [6.07, 6.45) is 0.482. The lowest BCUT2D eigenvalue weighted by Gasteiger charge is -2.16. The van der Waals surface area contributed by atoms with Gasteiger partial charge in [0.25, 0.3) is 11.6 Å². The zero-order chi connectivity index (χ0) is 28.2. The van der Waals surface area contributed by atoms with E-state index in [-0.39, 0.29) is 28.8 Å². The van der Waals surface area contributed by atoms with Gasteiger partial charge >= 0.3 is 0 Å². The summed E-state index contributed by atoms with van der Waals surface area (Å²) in [7, 11) is -4.24. The number of nitro groups is 1. The largest absolute Gasteiger partial charge is 0.437 e. The van der Waals surface area contributed by atoms with Crippen molar-refractivity contribution in [2.45, 2.75) is 52.0 Å². The molecule has 0 aliphatic heterocycles. The molecule has 13 heteroatoms. The van der Waals surface area contributed by atoms with Crippen LogP contribution in [0.2, 0.25) is 0 Å².